The first-order valence-corrected chi connectivity index (χ1v) is 7.58. The Balaban J connectivity index is 1.87. The standard InChI is InChI=1S/C15H25NO4/c1-11(2)15(14(18)19)7-8-16(10-15)13(17)9-20-12-5-3-4-6-12/h11-12H,3-10H2,1-2H3,(H,18,19). The molecule has 5 heteroatoms. The molecule has 1 saturated carbocycles. The average Bonchev–Trinajstić information content (AvgIpc) is 3.05. The second-order valence-electron chi connectivity index (χ2n) is 6.40. The molecule has 0 radical (unpaired) electrons. The number of hydrogen-bond acceptors (Lipinski definition) is 3. The predicted molar refractivity (Wildman–Crippen MR) is 74.3 cm³/mol. The highest BCUT2D eigenvalue weighted by molar-refractivity contribution is 5.81. The molecule has 0 bridgehead atoms. The van der Waals surface area contributed by atoms with E-state index in [1.54, 1.807) is 4.90 Å². The Hall–Kier alpha value is -1.10. The van der Waals surface area contributed by atoms with E-state index in [9.17, 15) is 14.7 Å². The first-order chi connectivity index (χ1) is 9.45. The van der Waals surface area contributed by atoms with E-state index in [1.165, 1.54) is 12.8 Å². The van der Waals surface area contributed by atoms with Crippen LogP contribution < -0.4 is 0 Å². The molecule has 1 aliphatic heterocycles. The van der Waals surface area contributed by atoms with Gasteiger partial charge < -0.3 is 14.7 Å². The lowest BCUT2D eigenvalue weighted by Gasteiger charge is -2.28. The van der Waals surface area contributed by atoms with Crippen molar-refractivity contribution in [3.8, 4) is 0 Å². The summed E-state index contributed by atoms with van der Waals surface area (Å²) in [5.41, 5.74) is -0.789. The van der Waals surface area contributed by atoms with Crippen molar-refractivity contribution in [1.82, 2.24) is 4.90 Å². The minimum atomic E-state index is -0.792. The van der Waals surface area contributed by atoms with Crippen molar-refractivity contribution in [2.45, 2.75) is 52.1 Å². The quantitative estimate of drug-likeness (QED) is 0.837. The first-order valence-electron chi connectivity index (χ1n) is 7.58. The summed E-state index contributed by atoms with van der Waals surface area (Å²) in [5.74, 6) is -0.839. The van der Waals surface area contributed by atoms with Gasteiger partial charge in [0, 0.05) is 13.1 Å². The number of carbonyl (C=O) groups excluding carboxylic acids is 1. The number of aliphatic carboxylic acids is 1. The van der Waals surface area contributed by atoms with Crippen molar-refractivity contribution in [1.29, 1.82) is 0 Å². The average molecular weight is 283 g/mol. The van der Waals surface area contributed by atoms with Crippen molar-refractivity contribution >= 4 is 11.9 Å². The number of carboxylic acid groups (broad SMARTS) is 1. The normalized spacial score (nSPS) is 27.4. The highest BCUT2D eigenvalue weighted by Crippen LogP contribution is 2.38. The van der Waals surface area contributed by atoms with E-state index in [1.807, 2.05) is 13.8 Å². The smallest absolute Gasteiger partial charge is 0.311 e. The molecule has 114 valence electrons. The van der Waals surface area contributed by atoms with Crippen molar-refractivity contribution in [3.05, 3.63) is 0 Å². The molecule has 1 heterocycles. The van der Waals surface area contributed by atoms with E-state index in [0.717, 1.165) is 12.8 Å². The van der Waals surface area contributed by atoms with E-state index in [4.69, 9.17) is 4.74 Å². The largest absolute Gasteiger partial charge is 0.481 e. The topological polar surface area (TPSA) is 66.8 Å². The second-order valence-corrected chi connectivity index (χ2v) is 6.40. The molecule has 1 N–H and O–H groups in total. The third kappa shape index (κ3) is 2.97. The van der Waals surface area contributed by atoms with Gasteiger partial charge in [0.05, 0.1) is 11.5 Å². The highest BCUT2D eigenvalue weighted by atomic mass is 16.5. The number of ether oxygens (including phenoxy) is 1. The number of carbonyl (C=O) groups is 2. The van der Waals surface area contributed by atoms with Crippen LogP contribution in [0, 0.1) is 11.3 Å². The Morgan fingerprint density at radius 2 is 2.00 bits per heavy atom. The third-order valence-electron chi connectivity index (χ3n) is 4.93. The fourth-order valence-electron chi connectivity index (χ4n) is 3.27. The summed E-state index contributed by atoms with van der Waals surface area (Å²) < 4.78 is 5.63. The molecule has 1 atom stereocenters. The van der Waals surface area contributed by atoms with E-state index >= 15 is 0 Å². The Kier molecular flexibility index (Phi) is 4.68. The van der Waals surface area contributed by atoms with Gasteiger partial charge in [-0.1, -0.05) is 26.7 Å². The fraction of sp³-hybridized carbons (Fsp3) is 0.867. The molecule has 1 amide bonds. The number of carboxylic acids is 1. The minimum Gasteiger partial charge on any atom is -0.481 e. The SMILES string of the molecule is CC(C)C1(C(=O)O)CCN(C(=O)COC2CCCC2)C1. The van der Waals surface area contributed by atoms with Gasteiger partial charge in [-0.3, -0.25) is 9.59 Å². The van der Waals surface area contributed by atoms with E-state index in [2.05, 4.69) is 0 Å². The molecule has 1 unspecified atom stereocenters. The van der Waals surface area contributed by atoms with Gasteiger partial charge in [-0.05, 0) is 25.2 Å². The van der Waals surface area contributed by atoms with Crippen LogP contribution in [0.1, 0.15) is 46.0 Å². The van der Waals surface area contributed by atoms with Crippen LogP contribution in [-0.4, -0.2) is 47.7 Å². The molecule has 2 rings (SSSR count). The molecule has 2 aliphatic rings. The molecule has 20 heavy (non-hydrogen) atoms. The Labute approximate surface area is 120 Å². The van der Waals surface area contributed by atoms with Crippen molar-refractivity contribution in [3.63, 3.8) is 0 Å². The zero-order valence-electron chi connectivity index (χ0n) is 12.4. The van der Waals surface area contributed by atoms with Crippen LogP contribution in [0.5, 0.6) is 0 Å². The first kappa shape index (κ1) is 15.3. The molecular formula is C15H25NO4. The number of rotatable bonds is 5. The van der Waals surface area contributed by atoms with E-state index in [0.29, 0.717) is 19.5 Å². The molecule has 1 saturated heterocycles. The highest BCUT2D eigenvalue weighted by Gasteiger charge is 2.48. The van der Waals surface area contributed by atoms with Crippen LogP contribution >= 0.6 is 0 Å². The summed E-state index contributed by atoms with van der Waals surface area (Å²) in [4.78, 5) is 25.3. The molecule has 0 aromatic heterocycles. The maximum absolute atomic E-state index is 12.1. The summed E-state index contributed by atoms with van der Waals surface area (Å²) in [5, 5.41) is 9.47. The van der Waals surface area contributed by atoms with Crippen LogP contribution in [0.25, 0.3) is 0 Å². The number of amides is 1. The number of likely N-dealkylation sites (tertiary alicyclic amines) is 1. The van der Waals surface area contributed by atoms with Crippen molar-refractivity contribution in [2.24, 2.45) is 11.3 Å². The maximum atomic E-state index is 12.1. The van der Waals surface area contributed by atoms with Crippen LogP contribution in [-0.2, 0) is 14.3 Å². The molecular weight excluding hydrogens is 258 g/mol. The van der Waals surface area contributed by atoms with Gasteiger partial charge in [-0.25, -0.2) is 0 Å². The summed E-state index contributed by atoms with van der Waals surface area (Å²) >= 11 is 0. The van der Waals surface area contributed by atoms with Gasteiger partial charge in [0.25, 0.3) is 0 Å². The lowest BCUT2D eigenvalue weighted by Crippen LogP contribution is -2.41. The second kappa shape index (κ2) is 6.12. The van der Waals surface area contributed by atoms with Crippen LogP contribution in [0.15, 0.2) is 0 Å². The van der Waals surface area contributed by atoms with E-state index in [-0.39, 0.29) is 24.5 Å². The molecule has 0 aromatic carbocycles. The monoisotopic (exact) mass is 283 g/mol. The van der Waals surface area contributed by atoms with Crippen LogP contribution in [0.4, 0.5) is 0 Å². The summed E-state index contributed by atoms with van der Waals surface area (Å²) in [7, 11) is 0. The fourth-order valence-corrected chi connectivity index (χ4v) is 3.27. The molecule has 1 aliphatic carbocycles. The summed E-state index contributed by atoms with van der Waals surface area (Å²) in [6, 6.07) is 0. The Morgan fingerprint density at radius 1 is 1.35 bits per heavy atom. The molecule has 0 aromatic rings. The number of nitrogens with zero attached hydrogens (tertiary/aromatic N) is 1. The molecule has 2 fully saturated rings. The van der Waals surface area contributed by atoms with Gasteiger partial charge in [0.1, 0.15) is 6.61 Å². The van der Waals surface area contributed by atoms with E-state index < -0.39 is 11.4 Å². The van der Waals surface area contributed by atoms with Crippen molar-refractivity contribution < 1.29 is 19.4 Å². The van der Waals surface area contributed by atoms with Gasteiger partial charge in [-0.2, -0.15) is 0 Å². The van der Waals surface area contributed by atoms with Gasteiger partial charge >= 0.3 is 5.97 Å². The Bertz CT molecular complexity index is 376. The minimum absolute atomic E-state index is 0.0218. The lowest BCUT2D eigenvalue weighted by molar-refractivity contribution is -0.151. The van der Waals surface area contributed by atoms with Crippen molar-refractivity contribution in [2.75, 3.05) is 19.7 Å². The third-order valence-corrected chi connectivity index (χ3v) is 4.93. The van der Waals surface area contributed by atoms with Crippen LogP contribution in [0.2, 0.25) is 0 Å². The van der Waals surface area contributed by atoms with Gasteiger partial charge in [0.15, 0.2) is 0 Å². The van der Waals surface area contributed by atoms with Crippen LogP contribution in [0.3, 0.4) is 0 Å². The zero-order valence-corrected chi connectivity index (χ0v) is 12.4. The molecule has 0 spiro atoms. The Morgan fingerprint density at radius 3 is 2.50 bits per heavy atom. The summed E-state index contributed by atoms with van der Waals surface area (Å²) in [6.07, 6.45) is 5.19. The summed E-state index contributed by atoms with van der Waals surface area (Å²) in [6.45, 7) is 4.76. The maximum Gasteiger partial charge on any atom is 0.311 e. The zero-order chi connectivity index (χ0) is 14.8. The van der Waals surface area contributed by atoms with Gasteiger partial charge in [-0.15, -0.1) is 0 Å². The van der Waals surface area contributed by atoms with Gasteiger partial charge in [0.2, 0.25) is 5.91 Å². The lowest BCUT2D eigenvalue weighted by atomic mass is 9.76. The molecule has 5 nitrogen and oxygen atoms in total. The number of hydrogen-bond donors (Lipinski definition) is 1. The predicted octanol–water partition coefficient (Wildman–Crippen LogP) is 1.90.